The van der Waals surface area contributed by atoms with Crippen molar-refractivity contribution < 1.29 is 37.0 Å². The molecule has 0 bridgehead atoms. The Morgan fingerprint density at radius 1 is 0.962 bits per heavy atom. The van der Waals surface area contributed by atoms with E-state index >= 15 is 0 Å². The number of fused-ring (bicyclic) bond motifs is 1. The fourth-order valence-electron chi connectivity index (χ4n) is 5.36. The van der Waals surface area contributed by atoms with Gasteiger partial charge in [0.25, 0.3) is 11.8 Å². The third kappa shape index (κ3) is 7.44. The summed E-state index contributed by atoms with van der Waals surface area (Å²) in [6.07, 6.45) is 0.474. The number of carbonyl (C=O) groups excluding carboxylic acids is 3. The first-order valence-corrected chi connectivity index (χ1v) is 15.9. The fourth-order valence-corrected chi connectivity index (χ4v) is 5.57. The van der Waals surface area contributed by atoms with Gasteiger partial charge in [-0.15, -0.1) is 0 Å². The van der Waals surface area contributed by atoms with Gasteiger partial charge in [-0.1, -0.05) is 17.7 Å². The van der Waals surface area contributed by atoms with Crippen LogP contribution in [-0.2, 0) is 9.53 Å². The molecule has 52 heavy (non-hydrogen) atoms. The quantitative estimate of drug-likeness (QED) is 0.151. The van der Waals surface area contributed by atoms with Crippen molar-refractivity contribution in [2.45, 2.75) is 26.1 Å². The van der Waals surface area contributed by atoms with Gasteiger partial charge in [0, 0.05) is 74.1 Å². The van der Waals surface area contributed by atoms with Gasteiger partial charge in [0.2, 0.25) is 0 Å². The highest BCUT2D eigenvalue weighted by atomic mass is 35.5. The second-order valence-electron chi connectivity index (χ2n) is 12.0. The van der Waals surface area contributed by atoms with Crippen molar-refractivity contribution in [3.63, 3.8) is 0 Å². The van der Waals surface area contributed by atoms with Crippen LogP contribution in [-0.4, -0.2) is 105 Å². The number of pyridine rings is 2. The van der Waals surface area contributed by atoms with E-state index in [9.17, 15) is 27.6 Å². The fraction of sp³-hybridized carbons (Fsp3) is 0.294. The topological polar surface area (TPSA) is 172 Å². The van der Waals surface area contributed by atoms with Crippen molar-refractivity contribution in [2.24, 2.45) is 0 Å². The number of esters is 1. The molecule has 0 spiro atoms. The number of carbonyl (C=O) groups is 3. The monoisotopic (exact) mass is 739 g/mol. The number of anilines is 1. The molecule has 0 aliphatic heterocycles. The Labute approximate surface area is 300 Å². The van der Waals surface area contributed by atoms with Crippen LogP contribution in [0.2, 0.25) is 5.02 Å². The normalized spacial score (nSPS) is 12.0. The van der Waals surface area contributed by atoms with Crippen LogP contribution in [0.15, 0.2) is 49.2 Å². The molecule has 2 N–H and O–H groups in total. The van der Waals surface area contributed by atoms with Crippen LogP contribution in [0.3, 0.4) is 0 Å². The summed E-state index contributed by atoms with van der Waals surface area (Å²) in [5, 5.41) is 5.52. The number of hydrogen-bond donors (Lipinski definition) is 1. The van der Waals surface area contributed by atoms with Crippen LogP contribution < -0.4 is 10.5 Å². The molecule has 4 heterocycles. The van der Waals surface area contributed by atoms with Gasteiger partial charge in [-0.3, -0.25) is 19.6 Å². The van der Waals surface area contributed by atoms with E-state index in [1.54, 1.807) is 64.9 Å². The highest BCUT2D eigenvalue weighted by Gasteiger charge is 2.41. The van der Waals surface area contributed by atoms with Crippen LogP contribution in [0.4, 0.5) is 19.0 Å². The van der Waals surface area contributed by atoms with E-state index in [1.807, 2.05) is 0 Å². The van der Waals surface area contributed by atoms with Gasteiger partial charge in [-0.25, -0.2) is 19.4 Å². The molecule has 2 amide bonds. The number of ether oxygens (including phenoxy) is 2. The zero-order valence-electron chi connectivity index (χ0n) is 28.8. The highest BCUT2D eigenvalue weighted by Crippen LogP contribution is 2.44. The Kier molecular flexibility index (Phi) is 10.6. The van der Waals surface area contributed by atoms with E-state index in [-0.39, 0.29) is 29.1 Å². The molecular weight excluding hydrogens is 707 g/mol. The Bertz CT molecular complexity index is 2170. The van der Waals surface area contributed by atoms with E-state index < -0.39 is 31.4 Å². The van der Waals surface area contributed by atoms with Crippen LogP contribution in [0, 0.1) is 6.92 Å². The molecule has 1 atom stereocenters. The predicted molar refractivity (Wildman–Crippen MR) is 185 cm³/mol. The first-order valence-electron chi connectivity index (χ1n) is 15.5. The number of alkyl halides is 3. The van der Waals surface area contributed by atoms with E-state index in [4.69, 9.17) is 27.2 Å². The van der Waals surface area contributed by atoms with E-state index in [1.165, 1.54) is 40.8 Å². The zero-order chi connectivity index (χ0) is 38.1. The molecule has 0 fully saturated rings. The lowest BCUT2D eigenvalue weighted by Crippen LogP contribution is -2.27. The molecule has 1 unspecified atom stereocenters. The summed E-state index contributed by atoms with van der Waals surface area (Å²) in [6, 6.07) is 5.64. The Morgan fingerprint density at radius 3 is 2.31 bits per heavy atom. The Hall–Kier alpha value is -5.84. The number of nitrogen functional groups attached to an aromatic ring is 1. The minimum absolute atomic E-state index is 0.104. The first-order chi connectivity index (χ1) is 24.5. The van der Waals surface area contributed by atoms with Gasteiger partial charge in [0.05, 0.1) is 17.0 Å². The molecule has 0 saturated heterocycles. The summed E-state index contributed by atoms with van der Waals surface area (Å²) in [7, 11) is 6.40. The molecule has 18 heteroatoms. The average molecular weight is 740 g/mol. The minimum Gasteiger partial charge on any atom is -0.489 e. The van der Waals surface area contributed by atoms with Gasteiger partial charge in [0.1, 0.15) is 42.5 Å². The number of halogens is 4. The molecule has 0 aliphatic carbocycles. The smallest absolute Gasteiger partial charge is 0.489 e. The van der Waals surface area contributed by atoms with Crippen LogP contribution >= 0.6 is 11.6 Å². The molecule has 5 aromatic rings. The van der Waals surface area contributed by atoms with Crippen LogP contribution in [0.5, 0.6) is 5.75 Å². The van der Waals surface area contributed by atoms with Crippen LogP contribution in [0.1, 0.15) is 44.9 Å². The molecule has 4 aromatic heterocycles. The van der Waals surface area contributed by atoms with E-state index in [2.05, 4.69) is 24.7 Å². The number of hydrogen-bond acceptors (Lipinski definition) is 11. The summed E-state index contributed by atoms with van der Waals surface area (Å²) in [4.78, 5) is 56.6. The molecule has 272 valence electrons. The van der Waals surface area contributed by atoms with Crippen LogP contribution in [0.25, 0.3) is 33.4 Å². The number of nitrogens with two attached hydrogens (primary N) is 1. The van der Waals surface area contributed by atoms with Crippen molar-refractivity contribution in [2.75, 3.05) is 47.1 Å². The van der Waals surface area contributed by atoms with Gasteiger partial charge in [-0.05, 0) is 37.6 Å². The van der Waals surface area contributed by atoms with Crippen molar-refractivity contribution >= 4 is 46.2 Å². The second-order valence-corrected chi connectivity index (χ2v) is 12.4. The first kappa shape index (κ1) is 37.4. The summed E-state index contributed by atoms with van der Waals surface area (Å²) in [5.74, 6) is -2.71. The average Bonchev–Trinajstić information content (AvgIpc) is 3.51. The molecular formula is C34H33ClF3N9O5. The van der Waals surface area contributed by atoms with E-state index in [0.717, 1.165) is 0 Å². The summed E-state index contributed by atoms with van der Waals surface area (Å²) < 4.78 is 50.6. The standard InChI is InChI=1S/C34H33ClF3N9O5/c1-17-23(35)12-22(28(51-9-10-52-33(50)34(36,37)38)25(17)19-7-8-24(41-15-19)32(49)46(5)6)18(2)47-30-26(29(39)42-16-43-30)27(44-47)20-11-21(14-40-13-20)31(48)45(3)4/h7-8,11-16,18H,9-10H2,1-6H3,(H2,39,42,43). The van der Waals surface area contributed by atoms with Gasteiger partial charge < -0.3 is 25.0 Å². The Morgan fingerprint density at radius 2 is 1.67 bits per heavy atom. The lowest BCUT2D eigenvalue weighted by molar-refractivity contribution is -0.200. The van der Waals surface area contributed by atoms with Crippen molar-refractivity contribution in [3.8, 4) is 28.1 Å². The van der Waals surface area contributed by atoms with Gasteiger partial charge >= 0.3 is 12.1 Å². The van der Waals surface area contributed by atoms with Crippen molar-refractivity contribution in [1.82, 2.24) is 39.5 Å². The third-order valence-corrected chi connectivity index (χ3v) is 8.37. The number of amides is 2. The maximum atomic E-state index is 12.8. The molecule has 0 aliphatic rings. The lowest BCUT2D eigenvalue weighted by Gasteiger charge is -2.23. The number of aromatic nitrogens is 6. The largest absolute Gasteiger partial charge is 0.490 e. The second kappa shape index (κ2) is 14.8. The molecule has 14 nitrogen and oxygen atoms in total. The summed E-state index contributed by atoms with van der Waals surface area (Å²) in [5.41, 5.74) is 9.72. The van der Waals surface area contributed by atoms with Crippen molar-refractivity contribution in [3.05, 3.63) is 76.6 Å². The maximum absolute atomic E-state index is 12.8. The molecule has 0 saturated carbocycles. The lowest BCUT2D eigenvalue weighted by atomic mass is 9.94. The van der Waals surface area contributed by atoms with Gasteiger partial charge in [-0.2, -0.15) is 18.3 Å². The molecule has 5 rings (SSSR count). The van der Waals surface area contributed by atoms with Crippen molar-refractivity contribution in [1.29, 1.82) is 0 Å². The predicted octanol–water partition coefficient (Wildman–Crippen LogP) is 4.99. The number of benzene rings is 1. The molecule has 1 aromatic carbocycles. The van der Waals surface area contributed by atoms with Gasteiger partial charge in [0.15, 0.2) is 5.65 Å². The Balaban J connectivity index is 1.67. The highest BCUT2D eigenvalue weighted by molar-refractivity contribution is 6.32. The number of rotatable bonds is 10. The number of nitrogens with zero attached hydrogens (tertiary/aromatic N) is 8. The SMILES string of the molecule is Cc1c(Cl)cc(C(C)n2nc(-c3cncc(C(=O)N(C)C)c3)c3c(N)ncnc32)c(OCCOC(=O)C(F)(F)F)c1-c1ccc(C(=O)N(C)C)nc1. The summed E-state index contributed by atoms with van der Waals surface area (Å²) in [6.45, 7) is 2.28. The maximum Gasteiger partial charge on any atom is 0.490 e. The third-order valence-electron chi connectivity index (χ3n) is 7.98. The minimum atomic E-state index is -5.18. The summed E-state index contributed by atoms with van der Waals surface area (Å²) >= 11 is 6.82. The van der Waals surface area contributed by atoms with E-state index in [0.29, 0.717) is 55.1 Å². The zero-order valence-corrected chi connectivity index (χ0v) is 29.6. The molecule has 0 radical (unpaired) electrons.